The van der Waals surface area contributed by atoms with Gasteiger partial charge in [0.05, 0.1) is 0 Å². The molecule has 0 saturated heterocycles. The predicted octanol–water partition coefficient (Wildman–Crippen LogP) is 0.977. The number of esters is 1. The first-order chi connectivity index (χ1) is 8.27. The molecule has 0 amide bonds. The Morgan fingerprint density at radius 3 is 2.71 bits per heavy atom. The minimum atomic E-state index is -0.113. The summed E-state index contributed by atoms with van der Waals surface area (Å²) in [6, 6.07) is 10.1. The number of methoxy groups -OCH3 is 1. The number of nitrogens with one attached hydrogen (secondary N) is 1. The molecule has 0 fully saturated rings. The van der Waals surface area contributed by atoms with E-state index in [9.17, 15) is 4.79 Å². The number of hydrogen-bond acceptors (Lipinski definition) is 3. The summed E-state index contributed by atoms with van der Waals surface area (Å²) < 4.78 is 6.08. The van der Waals surface area contributed by atoms with Gasteiger partial charge < -0.3 is 0 Å². The summed E-state index contributed by atoms with van der Waals surface area (Å²) >= 11 is 0.120. The fraction of sp³-hybridized carbons (Fsp3) is 0.462. The average Bonchev–Trinajstić information content (AvgIpc) is 2.38. The molecule has 1 N–H and O–H groups in total. The van der Waals surface area contributed by atoms with Crippen LogP contribution in [0.3, 0.4) is 0 Å². The zero-order valence-corrected chi connectivity index (χ0v) is 12.0. The Balaban J connectivity index is 2.54. The molecule has 0 unspecified atom stereocenters. The van der Waals surface area contributed by atoms with Crippen LogP contribution in [0.1, 0.15) is 13.3 Å². The van der Waals surface area contributed by atoms with E-state index in [2.05, 4.69) is 24.4 Å². The number of hydrogen-bond donors (Lipinski definition) is 1. The predicted molar refractivity (Wildman–Crippen MR) is 70.8 cm³/mol. The molecule has 1 aromatic rings. The molecule has 94 valence electrons. The van der Waals surface area contributed by atoms with Gasteiger partial charge in [-0.05, 0) is 0 Å². The van der Waals surface area contributed by atoms with Crippen molar-refractivity contribution in [2.24, 2.45) is 0 Å². The molecule has 0 saturated carbocycles. The van der Waals surface area contributed by atoms with Crippen LogP contribution in [0.25, 0.3) is 0 Å². The molecular formula is C13H19NO2Se. The van der Waals surface area contributed by atoms with Gasteiger partial charge >= 0.3 is 109 Å². The van der Waals surface area contributed by atoms with Crippen LogP contribution >= 0.6 is 0 Å². The molecule has 0 aliphatic rings. The van der Waals surface area contributed by atoms with Gasteiger partial charge in [-0.2, -0.15) is 0 Å². The van der Waals surface area contributed by atoms with Crippen LogP contribution in [0, 0.1) is 0 Å². The van der Waals surface area contributed by atoms with Crippen molar-refractivity contribution < 1.29 is 9.53 Å². The number of rotatable bonds is 7. The van der Waals surface area contributed by atoms with Crippen LogP contribution in [-0.2, 0) is 9.53 Å². The second kappa shape index (κ2) is 8.29. The third-order valence-corrected chi connectivity index (χ3v) is 4.73. The molecule has 0 aromatic heterocycles. The minimum absolute atomic E-state index is 0.0403. The summed E-state index contributed by atoms with van der Waals surface area (Å²) in [5.74, 6) is -0.113. The van der Waals surface area contributed by atoms with E-state index in [0.29, 0.717) is 6.54 Å². The van der Waals surface area contributed by atoms with E-state index in [1.165, 1.54) is 11.6 Å². The summed E-state index contributed by atoms with van der Waals surface area (Å²) in [6.07, 6.45) is 1.08. The molecule has 0 spiro atoms. The Kier molecular flexibility index (Phi) is 6.94. The van der Waals surface area contributed by atoms with E-state index >= 15 is 0 Å². The van der Waals surface area contributed by atoms with E-state index in [-0.39, 0.29) is 25.7 Å². The Hall–Kier alpha value is -0.831. The second-order valence-electron chi connectivity index (χ2n) is 3.65. The third kappa shape index (κ3) is 5.35. The molecule has 0 heterocycles. The van der Waals surface area contributed by atoms with Gasteiger partial charge in [-0.25, -0.2) is 0 Å². The zero-order chi connectivity index (χ0) is 12.5. The first-order valence-corrected chi connectivity index (χ1v) is 7.62. The Morgan fingerprint density at radius 2 is 2.12 bits per heavy atom. The van der Waals surface area contributed by atoms with Gasteiger partial charge in [0, 0.05) is 0 Å². The quantitative estimate of drug-likeness (QED) is 0.463. The Labute approximate surface area is 109 Å². The van der Waals surface area contributed by atoms with Crippen molar-refractivity contribution >= 4 is 25.4 Å². The second-order valence-corrected chi connectivity index (χ2v) is 6.32. The maximum atomic E-state index is 11.7. The fourth-order valence-corrected chi connectivity index (χ4v) is 3.55. The third-order valence-electron chi connectivity index (χ3n) is 2.24. The van der Waals surface area contributed by atoms with E-state index in [0.717, 1.165) is 13.0 Å². The van der Waals surface area contributed by atoms with Crippen LogP contribution < -0.4 is 9.78 Å². The molecule has 1 aromatic carbocycles. The summed E-state index contributed by atoms with van der Waals surface area (Å²) in [5, 5.41) is 3.29. The summed E-state index contributed by atoms with van der Waals surface area (Å²) in [4.78, 5) is 11.6. The molecule has 0 radical (unpaired) electrons. The molecule has 4 heteroatoms. The van der Waals surface area contributed by atoms with E-state index in [1.807, 2.05) is 18.2 Å². The van der Waals surface area contributed by atoms with Crippen LogP contribution in [-0.4, -0.2) is 41.1 Å². The van der Waals surface area contributed by atoms with Crippen LogP contribution in [0.2, 0.25) is 4.82 Å². The van der Waals surface area contributed by atoms with E-state index < -0.39 is 0 Å². The molecule has 1 rings (SSSR count). The molecule has 0 bridgehead atoms. The van der Waals surface area contributed by atoms with Gasteiger partial charge in [0.25, 0.3) is 0 Å². The molecule has 3 nitrogen and oxygen atoms in total. The molecule has 0 aliphatic heterocycles. The van der Waals surface area contributed by atoms with Crippen molar-refractivity contribution in [1.82, 2.24) is 5.32 Å². The monoisotopic (exact) mass is 301 g/mol. The Bertz CT molecular complexity index is 329. The van der Waals surface area contributed by atoms with Crippen molar-refractivity contribution in [3.63, 3.8) is 0 Å². The van der Waals surface area contributed by atoms with Crippen molar-refractivity contribution in [1.29, 1.82) is 0 Å². The first-order valence-electron chi connectivity index (χ1n) is 5.78. The van der Waals surface area contributed by atoms with Crippen molar-refractivity contribution in [2.45, 2.75) is 18.2 Å². The topological polar surface area (TPSA) is 38.3 Å². The average molecular weight is 300 g/mol. The normalized spacial score (nSPS) is 12.1. The van der Waals surface area contributed by atoms with Crippen LogP contribution in [0.5, 0.6) is 0 Å². The standard InChI is InChI=1S/C13H19NO2Se/c1-3-9-14-10-12(13(15)16-2)17-11-7-5-4-6-8-11/h4-8,12,14H,3,9-10H2,1-2H3/t12-/m0/s1. The SMILES string of the molecule is CCCNC[C@H]([Se]c1ccccc1)C(=O)OC. The summed E-state index contributed by atoms with van der Waals surface area (Å²) in [6.45, 7) is 3.76. The van der Waals surface area contributed by atoms with Crippen LogP contribution in [0.15, 0.2) is 30.3 Å². The molecule has 17 heavy (non-hydrogen) atoms. The zero-order valence-electron chi connectivity index (χ0n) is 10.3. The fourth-order valence-electron chi connectivity index (χ4n) is 1.38. The van der Waals surface area contributed by atoms with Crippen molar-refractivity contribution in [2.75, 3.05) is 20.2 Å². The summed E-state index contributed by atoms with van der Waals surface area (Å²) in [5.41, 5.74) is 0. The van der Waals surface area contributed by atoms with Gasteiger partial charge in [0.2, 0.25) is 0 Å². The Morgan fingerprint density at radius 1 is 1.41 bits per heavy atom. The van der Waals surface area contributed by atoms with E-state index in [4.69, 9.17) is 4.74 Å². The van der Waals surface area contributed by atoms with Gasteiger partial charge in [-0.3, -0.25) is 0 Å². The van der Waals surface area contributed by atoms with Gasteiger partial charge in [0.15, 0.2) is 0 Å². The van der Waals surface area contributed by atoms with E-state index in [1.54, 1.807) is 0 Å². The van der Waals surface area contributed by atoms with Gasteiger partial charge in [-0.15, -0.1) is 0 Å². The molecular weight excluding hydrogens is 281 g/mol. The van der Waals surface area contributed by atoms with Crippen molar-refractivity contribution in [3.05, 3.63) is 30.3 Å². The number of carbonyl (C=O) groups is 1. The summed E-state index contributed by atoms with van der Waals surface area (Å²) in [7, 11) is 1.45. The van der Waals surface area contributed by atoms with Crippen molar-refractivity contribution in [3.8, 4) is 0 Å². The van der Waals surface area contributed by atoms with Crippen LogP contribution in [0.4, 0.5) is 0 Å². The van der Waals surface area contributed by atoms with Gasteiger partial charge in [0.1, 0.15) is 0 Å². The molecule has 1 atom stereocenters. The number of ether oxygens (including phenoxy) is 1. The number of benzene rings is 1. The van der Waals surface area contributed by atoms with Gasteiger partial charge in [-0.1, -0.05) is 0 Å². The first kappa shape index (κ1) is 14.2. The number of carbonyl (C=O) groups excluding carboxylic acids is 1. The maximum absolute atomic E-state index is 11.7. The molecule has 0 aliphatic carbocycles.